The summed E-state index contributed by atoms with van der Waals surface area (Å²) < 4.78 is 0. The minimum absolute atomic E-state index is 0.271. The van der Waals surface area contributed by atoms with Crippen LogP contribution in [0.2, 0.25) is 0 Å². The molecule has 0 aromatic heterocycles. The summed E-state index contributed by atoms with van der Waals surface area (Å²) in [5.74, 6) is 0.767. The predicted molar refractivity (Wildman–Crippen MR) is 64.7 cm³/mol. The Morgan fingerprint density at radius 3 is 2.36 bits per heavy atom. The Morgan fingerprint density at radius 1 is 1.36 bits per heavy atom. The fourth-order valence-corrected chi connectivity index (χ4v) is 1.60. The molecule has 0 radical (unpaired) electrons. The molecule has 1 rings (SSSR count). The minimum Gasteiger partial charge on any atom is -0.507 e. The third-order valence-electron chi connectivity index (χ3n) is 2.01. The highest BCUT2D eigenvalue weighted by atomic mass is 32.1. The van der Waals surface area contributed by atoms with E-state index in [1.165, 1.54) is 0 Å². The Labute approximate surface area is 90.2 Å². The quantitative estimate of drug-likeness (QED) is 0.441. The number of aliphatic hydroxyl groups excluding tert-OH is 1. The lowest BCUT2D eigenvalue weighted by Gasteiger charge is -2.08. The predicted octanol–water partition coefficient (Wildman–Crippen LogP) is 3.46. The topological polar surface area (TPSA) is 20.2 Å². The Morgan fingerprint density at radius 2 is 1.93 bits per heavy atom. The minimum atomic E-state index is 0.271. The molecule has 0 fully saturated rings. The van der Waals surface area contributed by atoms with Crippen molar-refractivity contribution < 1.29 is 5.11 Å². The first-order valence-electron chi connectivity index (χ1n) is 4.41. The van der Waals surface area contributed by atoms with E-state index < -0.39 is 0 Å². The monoisotopic (exact) mass is 206 g/mol. The number of benzene rings is 1. The number of hydrogen-bond donors (Lipinski definition) is 2. The van der Waals surface area contributed by atoms with Crippen LogP contribution in [0.4, 0.5) is 0 Å². The van der Waals surface area contributed by atoms with Crippen LogP contribution in [0.15, 0.2) is 48.1 Å². The SMILES string of the molecule is C=C(C)/C(CS)=C(\O)c1ccccc1. The van der Waals surface area contributed by atoms with Gasteiger partial charge in [-0.3, -0.25) is 0 Å². The van der Waals surface area contributed by atoms with Gasteiger partial charge in [0.2, 0.25) is 0 Å². The Balaban J connectivity index is 3.15. The third kappa shape index (κ3) is 2.42. The number of hydrogen-bond acceptors (Lipinski definition) is 2. The van der Waals surface area contributed by atoms with Gasteiger partial charge in [-0.2, -0.15) is 12.6 Å². The van der Waals surface area contributed by atoms with Crippen LogP contribution >= 0.6 is 12.6 Å². The highest BCUT2D eigenvalue weighted by Gasteiger charge is 2.06. The van der Waals surface area contributed by atoms with Crippen LogP contribution in [0, 0.1) is 0 Å². The first-order valence-corrected chi connectivity index (χ1v) is 5.04. The van der Waals surface area contributed by atoms with E-state index in [4.69, 9.17) is 0 Å². The summed E-state index contributed by atoms with van der Waals surface area (Å²) in [5.41, 5.74) is 2.44. The standard InChI is InChI=1S/C12H14OS/c1-9(2)11(8-14)12(13)10-6-4-3-5-7-10/h3-7,13-14H,1,8H2,2H3/b12-11-. The second-order valence-electron chi connectivity index (χ2n) is 3.13. The number of aliphatic hydroxyl groups is 1. The van der Waals surface area contributed by atoms with Crippen LogP contribution in [0.5, 0.6) is 0 Å². The molecule has 2 heteroatoms. The van der Waals surface area contributed by atoms with Crippen LogP contribution in [0.3, 0.4) is 0 Å². The van der Waals surface area contributed by atoms with Gasteiger partial charge in [0.05, 0.1) is 0 Å². The summed E-state index contributed by atoms with van der Waals surface area (Å²) in [6.07, 6.45) is 0. The average Bonchev–Trinajstić information content (AvgIpc) is 2.19. The molecule has 1 N–H and O–H groups in total. The molecule has 0 saturated heterocycles. The van der Waals surface area contributed by atoms with E-state index in [2.05, 4.69) is 19.2 Å². The summed E-state index contributed by atoms with van der Waals surface area (Å²) >= 11 is 4.17. The molecule has 14 heavy (non-hydrogen) atoms. The second kappa shape index (κ2) is 4.91. The van der Waals surface area contributed by atoms with E-state index in [-0.39, 0.29) is 5.76 Å². The maximum Gasteiger partial charge on any atom is 0.127 e. The van der Waals surface area contributed by atoms with Gasteiger partial charge in [-0.15, -0.1) is 0 Å². The van der Waals surface area contributed by atoms with E-state index >= 15 is 0 Å². The van der Waals surface area contributed by atoms with Gasteiger partial charge in [0.1, 0.15) is 5.76 Å². The Kier molecular flexibility index (Phi) is 3.84. The van der Waals surface area contributed by atoms with Crippen molar-refractivity contribution in [3.63, 3.8) is 0 Å². The highest BCUT2D eigenvalue weighted by molar-refractivity contribution is 7.80. The smallest absolute Gasteiger partial charge is 0.127 e. The maximum absolute atomic E-state index is 9.92. The summed E-state index contributed by atoms with van der Waals surface area (Å²) in [4.78, 5) is 0. The zero-order valence-electron chi connectivity index (χ0n) is 8.20. The number of thiol groups is 1. The van der Waals surface area contributed by atoms with Gasteiger partial charge in [-0.25, -0.2) is 0 Å². The van der Waals surface area contributed by atoms with Crippen LogP contribution < -0.4 is 0 Å². The molecule has 1 aromatic carbocycles. The summed E-state index contributed by atoms with van der Waals surface area (Å²) in [5, 5.41) is 9.92. The molecule has 0 atom stereocenters. The zero-order valence-corrected chi connectivity index (χ0v) is 9.09. The zero-order chi connectivity index (χ0) is 10.6. The van der Waals surface area contributed by atoms with E-state index in [1.807, 2.05) is 37.3 Å². The van der Waals surface area contributed by atoms with Gasteiger partial charge < -0.3 is 5.11 Å². The molecule has 0 amide bonds. The van der Waals surface area contributed by atoms with Crippen LogP contribution in [-0.2, 0) is 0 Å². The Hall–Kier alpha value is -1.15. The highest BCUT2D eigenvalue weighted by Crippen LogP contribution is 2.21. The van der Waals surface area contributed by atoms with Gasteiger partial charge in [0.15, 0.2) is 0 Å². The van der Waals surface area contributed by atoms with Gasteiger partial charge in [-0.1, -0.05) is 42.5 Å². The largest absolute Gasteiger partial charge is 0.507 e. The van der Waals surface area contributed by atoms with Crippen LogP contribution in [0.25, 0.3) is 5.76 Å². The molecule has 0 unspecified atom stereocenters. The van der Waals surface area contributed by atoms with Crippen LogP contribution in [0.1, 0.15) is 12.5 Å². The molecule has 0 aliphatic heterocycles. The van der Waals surface area contributed by atoms with Crippen molar-refractivity contribution in [2.75, 3.05) is 5.75 Å². The summed E-state index contributed by atoms with van der Waals surface area (Å²) in [6, 6.07) is 9.42. The van der Waals surface area contributed by atoms with Crippen molar-refractivity contribution in [2.24, 2.45) is 0 Å². The molecule has 0 heterocycles. The van der Waals surface area contributed by atoms with Gasteiger partial charge >= 0.3 is 0 Å². The van der Waals surface area contributed by atoms with Gasteiger partial charge in [0.25, 0.3) is 0 Å². The van der Waals surface area contributed by atoms with Gasteiger partial charge in [0, 0.05) is 16.9 Å². The third-order valence-corrected chi connectivity index (χ3v) is 2.32. The lowest BCUT2D eigenvalue weighted by molar-refractivity contribution is 0.507. The first-order chi connectivity index (χ1) is 6.66. The molecule has 0 aliphatic rings. The van der Waals surface area contributed by atoms with Crippen molar-refractivity contribution in [3.8, 4) is 0 Å². The fourth-order valence-electron chi connectivity index (χ4n) is 1.18. The second-order valence-corrected chi connectivity index (χ2v) is 3.45. The molecule has 1 nitrogen and oxygen atoms in total. The lowest BCUT2D eigenvalue weighted by atomic mass is 10.1. The lowest BCUT2D eigenvalue weighted by Crippen LogP contribution is -1.94. The first kappa shape index (κ1) is 10.9. The molecule has 0 aliphatic carbocycles. The van der Waals surface area contributed by atoms with Crippen LogP contribution in [-0.4, -0.2) is 10.9 Å². The van der Waals surface area contributed by atoms with Crippen molar-refractivity contribution in [1.82, 2.24) is 0 Å². The molecule has 0 bridgehead atoms. The number of rotatable bonds is 3. The fraction of sp³-hybridized carbons (Fsp3) is 0.167. The molecule has 0 spiro atoms. The molecule has 74 valence electrons. The average molecular weight is 206 g/mol. The van der Waals surface area contributed by atoms with E-state index in [0.717, 1.165) is 16.7 Å². The van der Waals surface area contributed by atoms with E-state index in [9.17, 15) is 5.11 Å². The molecular formula is C12H14OS. The molecule has 0 saturated carbocycles. The molecular weight excluding hydrogens is 192 g/mol. The maximum atomic E-state index is 9.92. The van der Waals surface area contributed by atoms with Crippen molar-refractivity contribution in [1.29, 1.82) is 0 Å². The molecule has 1 aromatic rings. The van der Waals surface area contributed by atoms with Crippen molar-refractivity contribution >= 4 is 18.4 Å². The summed E-state index contributed by atoms with van der Waals surface area (Å²) in [7, 11) is 0. The Bertz CT molecular complexity index is 352. The van der Waals surface area contributed by atoms with E-state index in [0.29, 0.717) is 5.75 Å². The van der Waals surface area contributed by atoms with Gasteiger partial charge in [-0.05, 0) is 6.92 Å². The summed E-state index contributed by atoms with van der Waals surface area (Å²) in [6.45, 7) is 5.67. The van der Waals surface area contributed by atoms with Crippen molar-refractivity contribution in [2.45, 2.75) is 6.92 Å². The van der Waals surface area contributed by atoms with E-state index in [1.54, 1.807) is 0 Å². The van der Waals surface area contributed by atoms with Crippen molar-refractivity contribution in [3.05, 3.63) is 53.6 Å². The normalized spacial score (nSPS) is 12.1. The number of allylic oxidation sites excluding steroid dienone is 1.